The number of hydrogen-bond acceptors (Lipinski definition) is 9. The van der Waals surface area contributed by atoms with E-state index in [1.54, 1.807) is 12.1 Å². The first kappa shape index (κ1) is 28.8. The van der Waals surface area contributed by atoms with Gasteiger partial charge < -0.3 is 14.9 Å². The summed E-state index contributed by atoms with van der Waals surface area (Å²) in [5.41, 5.74) is 6.14. The standard InChI is InChI=1S/C23H20N2O9S2.C2H6/c1-3-11-4-5-12(23(26)33-2)15(10-11)18-13-6-8-16(24)21(35(27,28)29)19(13)34-20-14(18)7-9-17(25)22(20)36(30,31)32;1-2/h4-10,24H,3,25H2,1-2H3,(H,27,28,29)(H,30,31,32);1-2H3. The molecule has 202 valence electrons. The molecule has 0 saturated carbocycles. The first-order valence-electron chi connectivity index (χ1n) is 11.3. The summed E-state index contributed by atoms with van der Waals surface area (Å²) in [4.78, 5) is 10.9. The number of nitrogens with one attached hydrogen (secondary N) is 1. The van der Waals surface area contributed by atoms with E-state index < -0.39 is 58.4 Å². The average molecular weight is 563 g/mol. The van der Waals surface area contributed by atoms with Crippen LogP contribution in [-0.4, -0.2) is 39.0 Å². The van der Waals surface area contributed by atoms with Crippen LogP contribution in [0.2, 0.25) is 0 Å². The van der Waals surface area contributed by atoms with E-state index in [4.69, 9.17) is 20.3 Å². The van der Waals surface area contributed by atoms with Gasteiger partial charge in [0.2, 0.25) is 0 Å². The Morgan fingerprint density at radius 1 is 0.974 bits per heavy atom. The van der Waals surface area contributed by atoms with Crippen molar-refractivity contribution in [1.29, 1.82) is 5.41 Å². The number of rotatable bonds is 5. The van der Waals surface area contributed by atoms with Gasteiger partial charge in [0.1, 0.15) is 0 Å². The van der Waals surface area contributed by atoms with Gasteiger partial charge in [-0.25, -0.2) is 4.79 Å². The average Bonchev–Trinajstić information content (AvgIpc) is 2.85. The van der Waals surface area contributed by atoms with Crippen molar-refractivity contribution in [1.82, 2.24) is 0 Å². The number of ether oxygens (including phenoxy) is 1. The van der Waals surface area contributed by atoms with Gasteiger partial charge in [-0.05, 0) is 47.9 Å². The molecule has 0 fully saturated rings. The summed E-state index contributed by atoms with van der Waals surface area (Å²) in [6, 6.07) is 9.89. The lowest BCUT2D eigenvalue weighted by molar-refractivity contribution is 0.0601. The maximum Gasteiger partial charge on any atom is 0.338 e. The van der Waals surface area contributed by atoms with Crippen LogP contribution in [0.3, 0.4) is 0 Å². The zero-order valence-electron chi connectivity index (χ0n) is 20.9. The molecule has 0 unspecified atom stereocenters. The normalized spacial score (nSPS) is 11.7. The molecule has 4 rings (SSSR count). The lowest BCUT2D eigenvalue weighted by Crippen LogP contribution is -2.16. The summed E-state index contributed by atoms with van der Waals surface area (Å²) in [5.74, 6) is -1.30. The van der Waals surface area contributed by atoms with E-state index >= 15 is 0 Å². The molecule has 1 heterocycles. The van der Waals surface area contributed by atoms with E-state index in [0.29, 0.717) is 6.42 Å². The highest BCUT2D eigenvalue weighted by Crippen LogP contribution is 2.45. The highest BCUT2D eigenvalue weighted by Gasteiger charge is 2.31. The largest absolute Gasteiger partial charge is 0.465 e. The number of benzene rings is 3. The van der Waals surface area contributed by atoms with Crippen LogP contribution in [0.15, 0.2) is 56.7 Å². The number of hydrogen-bond donors (Lipinski definition) is 4. The highest BCUT2D eigenvalue weighted by molar-refractivity contribution is 7.86. The van der Waals surface area contributed by atoms with Crippen LogP contribution >= 0.6 is 0 Å². The van der Waals surface area contributed by atoms with Crippen LogP contribution in [0.5, 0.6) is 0 Å². The second-order valence-electron chi connectivity index (χ2n) is 7.83. The number of carbonyl (C=O) groups is 1. The number of esters is 1. The fourth-order valence-electron chi connectivity index (χ4n) is 4.10. The molecule has 2 aromatic rings. The predicted octanol–water partition coefficient (Wildman–Crippen LogP) is 4.13. The smallest absolute Gasteiger partial charge is 0.338 e. The second kappa shape index (κ2) is 10.5. The molecule has 0 spiro atoms. The molecule has 2 aliphatic rings. The van der Waals surface area contributed by atoms with Crippen molar-refractivity contribution in [2.24, 2.45) is 0 Å². The first-order valence-corrected chi connectivity index (χ1v) is 14.2. The Kier molecular flexibility index (Phi) is 7.98. The van der Waals surface area contributed by atoms with Crippen molar-refractivity contribution in [3.05, 3.63) is 58.9 Å². The van der Waals surface area contributed by atoms with Crippen LogP contribution in [0.1, 0.15) is 36.7 Å². The van der Waals surface area contributed by atoms with Crippen molar-refractivity contribution >= 4 is 42.9 Å². The molecule has 2 aromatic carbocycles. The highest BCUT2D eigenvalue weighted by atomic mass is 32.2. The Morgan fingerprint density at radius 3 is 2.16 bits per heavy atom. The number of nitrogen functional groups attached to an aromatic ring is 1. The van der Waals surface area contributed by atoms with E-state index in [9.17, 15) is 30.7 Å². The number of aryl methyl sites for hydroxylation is 1. The minimum absolute atomic E-state index is 0.0376. The first-order chi connectivity index (χ1) is 17.8. The summed E-state index contributed by atoms with van der Waals surface area (Å²) < 4.78 is 79.3. The molecule has 0 radical (unpaired) electrons. The van der Waals surface area contributed by atoms with Gasteiger partial charge in [0.15, 0.2) is 21.1 Å². The van der Waals surface area contributed by atoms with E-state index in [1.807, 2.05) is 20.8 Å². The van der Waals surface area contributed by atoms with Gasteiger partial charge in [-0.2, -0.15) is 16.8 Å². The molecular formula is C25H26N2O9S2. The number of fused-ring (bicyclic) bond motifs is 2. The van der Waals surface area contributed by atoms with Crippen molar-refractivity contribution in [2.75, 3.05) is 12.8 Å². The SMILES string of the molecule is CC.CCc1ccc(C(=O)OC)c(-c2c3ccc(=N)c(S(=O)(=O)O)c-3oc3c(S(=O)(=O)O)c(N)ccc23)c1. The van der Waals surface area contributed by atoms with Gasteiger partial charge in [0.05, 0.1) is 23.7 Å². The third kappa shape index (κ3) is 5.00. The summed E-state index contributed by atoms with van der Waals surface area (Å²) in [6.45, 7) is 5.87. The third-order valence-corrected chi connectivity index (χ3v) is 7.54. The molecule has 0 amide bonds. The van der Waals surface area contributed by atoms with E-state index in [-0.39, 0.29) is 27.6 Å². The molecule has 0 saturated heterocycles. The summed E-state index contributed by atoms with van der Waals surface area (Å²) >= 11 is 0. The van der Waals surface area contributed by atoms with E-state index in [2.05, 4.69) is 0 Å². The third-order valence-electron chi connectivity index (χ3n) is 5.68. The summed E-state index contributed by atoms with van der Waals surface area (Å²) in [6.07, 6.45) is 0.553. The van der Waals surface area contributed by atoms with Crippen molar-refractivity contribution in [3.8, 4) is 22.5 Å². The number of methoxy groups -OCH3 is 1. The summed E-state index contributed by atoms with van der Waals surface area (Å²) in [7, 11) is -8.87. The maximum atomic E-state index is 12.7. The second-order valence-corrected chi connectivity index (χ2v) is 10.5. The Morgan fingerprint density at radius 2 is 1.61 bits per heavy atom. The van der Waals surface area contributed by atoms with Crippen molar-refractivity contribution in [2.45, 2.75) is 37.0 Å². The van der Waals surface area contributed by atoms with Gasteiger partial charge in [0, 0.05) is 16.5 Å². The molecule has 0 atom stereocenters. The zero-order chi connectivity index (χ0) is 28.6. The molecule has 11 nitrogen and oxygen atoms in total. The van der Waals surface area contributed by atoms with Gasteiger partial charge in [-0.3, -0.25) is 14.5 Å². The maximum absolute atomic E-state index is 12.7. The van der Waals surface area contributed by atoms with Gasteiger partial charge in [-0.1, -0.05) is 32.9 Å². The fourth-order valence-corrected chi connectivity index (χ4v) is 5.59. The van der Waals surface area contributed by atoms with E-state index in [1.165, 1.54) is 31.4 Å². The van der Waals surface area contributed by atoms with Crippen LogP contribution in [-0.2, 0) is 31.4 Å². The molecular weight excluding hydrogens is 536 g/mol. The zero-order valence-corrected chi connectivity index (χ0v) is 22.5. The van der Waals surface area contributed by atoms with Crippen LogP contribution < -0.4 is 11.1 Å². The monoisotopic (exact) mass is 562 g/mol. The topological polar surface area (TPSA) is 198 Å². The lowest BCUT2D eigenvalue weighted by atomic mass is 9.89. The number of anilines is 1. The van der Waals surface area contributed by atoms with E-state index in [0.717, 1.165) is 11.6 Å². The minimum atomic E-state index is -5.05. The Labute approximate surface area is 219 Å². The van der Waals surface area contributed by atoms with Crippen LogP contribution in [0, 0.1) is 5.41 Å². The molecule has 0 bridgehead atoms. The van der Waals surface area contributed by atoms with Crippen molar-refractivity contribution < 1.29 is 39.9 Å². The van der Waals surface area contributed by atoms with Crippen molar-refractivity contribution in [3.63, 3.8) is 0 Å². The minimum Gasteiger partial charge on any atom is -0.465 e. The molecule has 0 aromatic heterocycles. The Balaban J connectivity index is 0.00000195. The summed E-state index contributed by atoms with van der Waals surface area (Å²) in [5, 5.41) is 7.47. The fraction of sp³-hybridized carbons (Fsp3) is 0.200. The van der Waals surface area contributed by atoms with Crippen LogP contribution in [0.25, 0.3) is 33.4 Å². The molecule has 1 aliphatic carbocycles. The number of carbonyl (C=O) groups excluding carboxylic acids is 1. The quantitative estimate of drug-likeness (QED) is 0.119. The lowest BCUT2D eigenvalue weighted by Gasteiger charge is -2.20. The molecule has 38 heavy (non-hydrogen) atoms. The predicted molar refractivity (Wildman–Crippen MR) is 140 cm³/mol. The van der Waals surface area contributed by atoms with Crippen LogP contribution in [0.4, 0.5) is 5.69 Å². The molecule has 1 aliphatic heterocycles. The Bertz CT molecular complexity index is 1810. The number of nitrogens with two attached hydrogens (primary N) is 1. The van der Waals surface area contributed by atoms with Gasteiger partial charge >= 0.3 is 5.97 Å². The molecule has 5 N–H and O–H groups in total. The van der Waals surface area contributed by atoms with Gasteiger partial charge in [-0.15, -0.1) is 0 Å². The van der Waals surface area contributed by atoms with Gasteiger partial charge in [0.25, 0.3) is 20.2 Å². The Hall–Kier alpha value is -3.78. The molecule has 13 heteroatoms.